The Kier molecular flexibility index (Phi) is 4.32. The summed E-state index contributed by atoms with van der Waals surface area (Å²) in [5, 5.41) is 5.39. The van der Waals surface area contributed by atoms with Crippen LogP contribution in [0, 0.1) is 11.8 Å². The number of morpholine rings is 1. The molecule has 6 rings (SSSR count). The predicted molar refractivity (Wildman–Crippen MR) is 121 cm³/mol. The number of benzene rings is 2. The van der Waals surface area contributed by atoms with Gasteiger partial charge in [0.2, 0.25) is 0 Å². The fourth-order valence-electron chi connectivity index (χ4n) is 5.68. The molecule has 2 aliphatic heterocycles. The summed E-state index contributed by atoms with van der Waals surface area (Å²) in [6.45, 7) is 9.52. The molecular weight excluding hydrogens is 390 g/mol. The molecule has 2 atom stereocenters. The van der Waals surface area contributed by atoms with Crippen LogP contribution in [0.25, 0.3) is 22.2 Å². The Morgan fingerprint density at radius 2 is 1.68 bits per heavy atom. The second-order valence-corrected chi connectivity index (χ2v) is 9.35. The largest absolute Gasteiger partial charge is 0.378 e. The van der Waals surface area contributed by atoms with Crippen LogP contribution in [-0.4, -0.2) is 50.3 Å². The summed E-state index contributed by atoms with van der Waals surface area (Å²) in [4.78, 5) is 18.4. The quantitative estimate of drug-likeness (QED) is 0.483. The van der Waals surface area contributed by atoms with Gasteiger partial charge in [0.15, 0.2) is 11.5 Å². The number of ketones is 1. The molecule has 0 amide bonds. The van der Waals surface area contributed by atoms with Crippen LogP contribution >= 0.6 is 0 Å². The highest BCUT2D eigenvalue weighted by molar-refractivity contribution is 6.28. The molecular formula is C25H27N3O3. The number of hydrogen-bond acceptors (Lipinski definition) is 6. The molecule has 0 N–H and O–H groups in total. The topological polar surface area (TPSA) is 58.8 Å². The second-order valence-electron chi connectivity index (χ2n) is 9.35. The van der Waals surface area contributed by atoms with Gasteiger partial charge < -0.3 is 19.1 Å². The summed E-state index contributed by atoms with van der Waals surface area (Å²) in [5.74, 6) is 2.01. The minimum Gasteiger partial charge on any atom is -0.378 e. The predicted octanol–water partition coefficient (Wildman–Crippen LogP) is 4.36. The SMILES string of the molecule is C[C@H]1C[C@H](C)CN(c2cc(N3CCOCC3)c3c4c(onc24)-c2ccccc2C3=O)C1. The van der Waals surface area contributed by atoms with E-state index >= 15 is 0 Å². The lowest BCUT2D eigenvalue weighted by Crippen LogP contribution is -2.40. The van der Waals surface area contributed by atoms with Crippen molar-refractivity contribution < 1.29 is 14.1 Å². The van der Waals surface area contributed by atoms with Crippen molar-refractivity contribution in [2.75, 3.05) is 49.2 Å². The standard InChI is InChI=1S/C25H27N3O3/c1-15-11-16(2)14-28(13-15)20-12-19(27-7-9-30-10-8-27)21-22-23(20)26-31-25(22)18-6-4-3-5-17(18)24(21)29/h3-6,12,15-16H,7-11,13-14H2,1-2H3/t15-,16-/m0/s1. The van der Waals surface area contributed by atoms with Crippen molar-refractivity contribution in [2.45, 2.75) is 20.3 Å². The fraction of sp³-hybridized carbons (Fsp3) is 0.440. The molecule has 31 heavy (non-hydrogen) atoms. The van der Waals surface area contributed by atoms with E-state index in [2.05, 4.69) is 34.9 Å². The van der Waals surface area contributed by atoms with Gasteiger partial charge in [-0.05, 0) is 24.3 Å². The van der Waals surface area contributed by atoms with E-state index in [0.717, 1.165) is 65.3 Å². The molecule has 2 fully saturated rings. The molecule has 0 bridgehead atoms. The van der Waals surface area contributed by atoms with Gasteiger partial charge in [0.25, 0.3) is 0 Å². The summed E-state index contributed by atoms with van der Waals surface area (Å²) in [5.41, 5.74) is 5.14. The Morgan fingerprint density at radius 3 is 2.42 bits per heavy atom. The molecule has 2 aromatic carbocycles. The average Bonchev–Trinajstić information content (AvgIpc) is 3.22. The lowest BCUT2D eigenvalue weighted by Gasteiger charge is -2.38. The third-order valence-corrected chi connectivity index (χ3v) is 6.92. The summed E-state index contributed by atoms with van der Waals surface area (Å²) >= 11 is 0. The molecule has 0 saturated carbocycles. The van der Waals surface area contributed by atoms with E-state index in [1.165, 1.54) is 6.42 Å². The third kappa shape index (κ3) is 2.88. The van der Waals surface area contributed by atoms with Crippen molar-refractivity contribution in [3.63, 3.8) is 0 Å². The second kappa shape index (κ2) is 7.09. The number of carbonyl (C=O) groups is 1. The van der Waals surface area contributed by atoms with Gasteiger partial charge in [-0.15, -0.1) is 0 Å². The molecule has 0 spiro atoms. The molecule has 6 heteroatoms. The van der Waals surface area contributed by atoms with Gasteiger partial charge in [0, 0.05) is 37.3 Å². The van der Waals surface area contributed by atoms with Crippen LogP contribution < -0.4 is 9.80 Å². The Hall–Kier alpha value is -2.86. The summed E-state index contributed by atoms with van der Waals surface area (Å²) in [7, 11) is 0. The van der Waals surface area contributed by atoms with Gasteiger partial charge in [-0.3, -0.25) is 4.79 Å². The smallest absolute Gasteiger partial charge is 0.196 e. The first-order valence-electron chi connectivity index (χ1n) is 11.3. The molecule has 0 unspecified atom stereocenters. The van der Waals surface area contributed by atoms with Crippen LogP contribution in [0.5, 0.6) is 0 Å². The Labute approximate surface area is 181 Å². The van der Waals surface area contributed by atoms with Gasteiger partial charge in [0.05, 0.1) is 35.5 Å². The maximum absolute atomic E-state index is 13.7. The Bertz CT molecular complexity index is 1170. The minimum absolute atomic E-state index is 0.0599. The Balaban J connectivity index is 1.62. The molecule has 1 aliphatic carbocycles. The maximum Gasteiger partial charge on any atom is 0.196 e. The minimum atomic E-state index is 0.0599. The zero-order chi connectivity index (χ0) is 21.1. The molecule has 6 nitrogen and oxygen atoms in total. The van der Waals surface area contributed by atoms with E-state index in [1.807, 2.05) is 24.3 Å². The van der Waals surface area contributed by atoms with Crippen molar-refractivity contribution in [3.8, 4) is 11.3 Å². The van der Waals surface area contributed by atoms with E-state index in [9.17, 15) is 4.79 Å². The highest BCUT2D eigenvalue weighted by Crippen LogP contribution is 2.47. The van der Waals surface area contributed by atoms with Crippen LogP contribution in [0.4, 0.5) is 11.4 Å². The average molecular weight is 418 g/mol. The van der Waals surface area contributed by atoms with Gasteiger partial charge in [-0.25, -0.2) is 0 Å². The number of anilines is 2. The fourth-order valence-corrected chi connectivity index (χ4v) is 5.68. The molecule has 160 valence electrons. The van der Waals surface area contributed by atoms with Crippen LogP contribution in [0.1, 0.15) is 36.2 Å². The van der Waals surface area contributed by atoms with E-state index in [0.29, 0.717) is 30.6 Å². The normalized spacial score (nSPS) is 23.4. The van der Waals surface area contributed by atoms with Gasteiger partial charge in [-0.1, -0.05) is 43.3 Å². The summed E-state index contributed by atoms with van der Waals surface area (Å²) in [6.07, 6.45) is 1.24. The van der Waals surface area contributed by atoms with Crippen LogP contribution in [0.15, 0.2) is 34.9 Å². The van der Waals surface area contributed by atoms with E-state index in [-0.39, 0.29) is 5.78 Å². The van der Waals surface area contributed by atoms with Crippen LogP contribution in [0.2, 0.25) is 0 Å². The lowest BCUT2D eigenvalue weighted by atomic mass is 9.85. The van der Waals surface area contributed by atoms with Gasteiger partial charge in [0.1, 0.15) is 5.52 Å². The zero-order valence-electron chi connectivity index (χ0n) is 18.1. The van der Waals surface area contributed by atoms with Crippen molar-refractivity contribution in [3.05, 3.63) is 41.5 Å². The number of piperidine rings is 1. The highest BCUT2D eigenvalue weighted by Gasteiger charge is 2.36. The number of rotatable bonds is 2. The number of ether oxygens (including phenoxy) is 1. The number of carbonyl (C=O) groups excluding carboxylic acids is 1. The number of nitrogens with zero attached hydrogens (tertiary/aromatic N) is 3. The van der Waals surface area contributed by atoms with Crippen molar-refractivity contribution in [1.82, 2.24) is 5.16 Å². The monoisotopic (exact) mass is 417 g/mol. The van der Waals surface area contributed by atoms with Gasteiger partial charge >= 0.3 is 0 Å². The number of fused-ring (bicyclic) bond motifs is 2. The molecule has 0 radical (unpaired) electrons. The van der Waals surface area contributed by atoms with Crippen molar-refractivity contribution in [1.29, 1.82) is 0 Å². The molecule has 3 heterocycles. The molecule has 3 aliphatic rings. The summed E-state index contributed by atoms with van der Waals surface area (Å²) < 4.78 is 11.5. The molecule has 1 aromatic heterocycles. The number of hydrogen-bond donors (Lipinski definition) is 0. The van der Waals surface area contributed by atoms with Crippen LogP contribution in [-0.2, 0) is 4.74 Å². The lowest BCUT2D eigenvalue weighted by molar-refractivity contribution is 0.103. The van der Waals surface area contributed by atoms with E-state index < -0.39 is 0 Å². The first kappa shape index (κ1) is 18.9. The maximum atomic E-state index is 13.7. The number of aromatic nitrogens is 1. The van der Waals surface area contributed by atoms with E-state index in [1.54, 1.807) is 0 Å². The van der Waals surface area contributed by atoms with E-state index in [4.69, 9.17) is 9.26 Å². The molecule has 2 saturated heterocycles. The highest BCUT2D eigenvalue weighted by atomic mass is 16.5. The van der Waals surface area contributed by atoms with Crippen LogP contribution in [0.3, 0.4) is 0 Å². The van der Waals surface area contributed by atoms with Gasteiger partial charge in [-0.2, -0.15) is 0 Å². The third-order valence-electron chi connectivity index (χ3n) is 6.92. The summed E-state index contributed by atoms with van der Waals surface area (Å²) in [6, 6.07) is 9.90. The Morgan fingerprint density at radius 1 is 0.968 bits per heavy atom. The van der Waals surface area contributed by atoms with Crippen molar-refractivity contribution in [2.24, 2.45) is 11.8 Å². The zero-order valence-corrected chi connectivity index (χ0v) is 18.1. The van der Waals surface area contributed by atoms with Crippen molar-refractivity contribution >= 4 is 28.1 Å². The molecule has 3 aromatic rings. The first-order chi connectivity index (χ1) is 15.1. The first-order valence-corrected chi connectivity index (χ1v) is 11.3.